The number of carbonyl (C=O) groups is 2. The highest BCUT2D eigenvalue weighted by molar-refractivity contribution is 6.31. The summed E-state index contributed by atoms with van der Waals surface area (Å²) in [6.45, 7) is 4.82. The Labute approximate surface area is 210 Å². The second-order valence-electron chi connectivity index (χ2n) is 10.3. The predicted octanol–water partition coefficient (Wildman–Crippen LogP) is 4.30. The first-order valence-electron chi connectivity index (χ1n) is 12.4. The zero-order valence-corrected chi connectivity index (χ0v) is 20.6. The van der Waals surface area contributed by atoms with Crippen molar-refractivity contribution in [2.45, 2.75) is 55.3 Å². The number of amides is 1. The zero-order chi connectivity index (χ0) is 24.3. The average Bonchev–Trinajstić information content (AvgIpc) is 3.44. The van der Waals surface area contributed by atoms with Gasteiger partial charge >= 0.3 is 5.97 Å². The molecule has 3 aliphatic heterocycles. The van der Waals surface area contributed by atoms with E-state index in [0.717, 1.165) is 35.3 Å². The number of likely N-dealkylation sites (tertiary alicyclic amines) is 1. The smallest absolute Gasteiger partial charge is 0.307 e. The number of hydrogen-bond acceptors (Lipinski definition) is 5. The Hall–Kier alpha value is -2.67. The van der Waals surface area contributed by atoms with Crippen molar-refractivity contribution in [1.29, 1.82) is 0 Å². The summed E-state index contributed by atoms with van der Waals surface area (Å²) in [5, 5.41) is 7.55. The van der Waals surface area contributed by atoms with Gasteiger partial charge in [-0.05, 0) is 48.4 Å². The quantitative estimate of drug-likeness (QED) is 0.589. The molecule has 0 aromatic heterocycles. The van der Waals surface area contributed by atoms with Gasteiger partial charge in [-0.1, -0.05) is 54.6 Å². The van der Waals surface area contributed by atoms with E-state index in [2.05, 4.69) is 34.2 Å². The molecule has 2 saturated heterocycles. The molecule has 1 aliphatic carbocycles. The molecule has 6 rings (SSSR count). The molecule has 0 bridgehead atoms. The van der Waals surface area contributed by atoms with Crippen molar-refractivity contribution in [2.24, 2.45) is 5.92 Å². The van der Waals surface area contributed by atoms with Gasteiger partial charge in [-0.25, -0.2) is 0 Å². The summed E-state index contributed by atoms with van der Waals surface area (Å²) >= 11 is 6.33. The number of benzene rings is 2. The van der Waals surface area contributed by atoms with E-state index in [1.807, 2.05) is 36.4 Å². The maximum Gasteiger partial charge on any atom is 0.307 e. The molecule has 2 aromatic carbocycles. The number of nitrogens with one attached hydrogen (secondary N) is 2. The van der Waals surface area contributed by atoms with Crippen molar-refractivity contribution in [2.75, 3.05) is 19.0 Å². The summed E-state index contributed by atoms with van der Waals surface area (Å²) in [5.74, 6) is 0.241. The molecule has 6 nitrogen and oxygen atoms in total. The largest absolute Gasteiger partial charge is 0.469 e. The first kappa shape index (κ1) is 22.8. The van der Waals surface area contributed by atoms with Crippen LogP contribution in [0.15, 0.2) is 49.0 Å². The van der Waals surface area contributed by atoms with E-state index in [1.54, 1.807) is 0 Å². The summed E-state index contributed by atoms with van der Waals surface area (Å²) in [5.41, 5.74) is 3.05. The predicted molar refractivity (Wildman–Crippen MR) is 136 cm³/mol. The molecule has 1 amide bonds. The Morgan fingerprint density at radius 3 is 2.86 bits per heavy atom. The van der Waals surface area contributed by atoms with Crippen molar-refractivity contribution >= 4 is 35.2 Å². The molecular formula is C28H30ClN3O3. The number of methoxy groups -OCH3 is 1. The lowest BCUT2D eigenvalue weighted by Crippen LogP contribution is -2.53. The minimum Gasteiger partial charge on any atom is -0.469 e. The van der Waals surface area contributed by atoms with Crippen LogP contribution < -0.4 is 10.6 Å². The van der Waals surface area contributed by atoms with Gasteiger partial charge in [0.15, 0.2) is 0 Å². The molecule has 0 radical (unpaired) electrons. The Kier molecular flexibility index (Phi) is 5.51. The highest BCUT2D eigenvalue weighted by Crippen LogP contribution is 2.60. The minimum atomic E-state index is -0.846. The second kappa shape index (κ2) is 8.47. The van der Waals surface area contributed by atoms with E-state index in [4.69, 9.17) is 16.3 Å². The first-order valence-corrected chi connectivity index (χ1v) is 12.8. The molecule has 1 saturated carbocycles. The highest BCUT2D eigenvalue weighted by Gasteiger charge is 2.68. The number of rotatable bonds is 6. The lowest BCUT2D eigenvalue weighted by Gasteiger charge is -2.40. The number of hydrogen-bond donors (Lipinski definition) is 2. The van der Waals surface area contributed by atoms with E-state index >= 15 is 0 Å². The molecular weight excluding hydrogens is 462 g/mol. The molecule has 5 atom stereocenters. The lowest BCUT2D eigenvalue weighted by atomic mass is 9.73. The van der Waals surface area contributed by atoms with Gasteiger partial charge < -0.3 is 15.4 Å². The number of fused-ring (bicyclic) bond motifs is 3. The van der Waals surface area contributed by atoms with Crippen LogP contribution in [-0.2, 0) is 19.9 Å². The number of halogens is 1. The first-order chi connectivity index (χ1) is 16.9. The van der Waals surface area contributed by atoms with Gasteiger partial charge in [0.25, 0.3) is 0 Å². The summed E-state index contributed by atoms with van der Waals surface area (Å²) in [6, 6.07) is 14.2. The number of carbonyl (C=O) groups excluding carboxylic acids is 2. The van der Waals surface area contributed by atoms with Crippen molar-refractivity contribution in [3.05, 3.63) is 70.8 Å². The van der Waals surface area contributed by atoms with Gasteiger partial charge in [0.1, 0.15) is 5.54 Å². The van der Waals surface area contributed by atoms with Crippen LogP contribution in [0.25, 0.3) is 6.08 Å². The van der Waals surface area contributed by atoms with Gasteiger partial charge in [-0.2, -0.15) is 0 Å². The van der Waals surface area contributed by atoms with Gasteiger partial charge in [-0.15, -0.1) is 0 Å². The fourth-order valence-electron chi connectivity index (χ4n) is 6.73. The van der Waals surface area contributed by atoms with Crippen molar-refractivity contribution in [3.63, 3.8) is 0 Å². The molecule has 3 fully saturated rings. The number of ether oxygens (including phenoxy) is 1. The summed E-state index contributed by atoms with van der Waals surface area (Å²) in [7, 11) is 1.43. The summed E-state index contributed by atoms with van der Waals surface area (Å²) < 4.78 is 4.97. The van der Waals surface area contributed by atoms with Gasteiger partial charge in [0, 0.05) is 46.9 Å². The highest BCUT2D eigenvalue weighted by atomic mass is 35.5. The third-order valence-corrected chi connectivity index (χ3v) is 8.55. The van der Waals surface area contributed by atoms with Gasteiger partial charge in [0.05, 0.1) is 13.5 Å². The van der Waals surface area contributed by atoms with Gasteiger partial charge in [-0.3, -0.25) is 14.5 Å². The van der Waals surface area contributed by atoms with E-state index in [-0.39, 0.29) is 35.9 Å². The molecule has 3 heterocycles. The fourth-order valence-corrected chi connectivity index (χ4v) is 6.90. The van der Waals surface area contributed by atoms with Crippen LogP contribution in [0.1, 0.15) is 48.3 Å². The van der Waals surface area contributed by atoms with Crippen LogP contribution in [0.3, 0.4) is 0 Å². The SMILES string of the molecule is C=Cc1cccc([C@H]2[C@@H]3NC(CC(=O)OC)C[C@@H]3N(CC3CC3)[C@@]23C(=O)Nc2cc(Cl)ccc23)c1. The Balaban J connectivity index is 1.53. The van der Waals surface area contributed by atoms with Crippen LogP contribution >= 0.6 is 11.6 Å². The number of nitrogens with zero attached hydrogens (tertiary/aromatic N) is 1. The van der Waals surface area contributed by atoms with E-state index in [9.17, 15) is 9.59 Å². The van der Waals surface area contributed by atoms with E-state index in [0.29, 0.717) is 17.4 Å². The number of esters is 1. The topological polar surface area (TPSA) is 70.7 Å². The Morgan fingerprint density at radius 2 is 2.11 bits per heavy atom. The average molecular weight is 492 g/mol. The van der Waals surface area contributed by atoms with Crippen molar-refractivity contribution in [1.82, 2.24) is 10.2 Å². The molecule has 4 aliphatic rings. The van der Waals surface area contributed by atoms with E-state index in [1.165, 1.54) is 20.0 Å². The molecule has 182 valence electrons. The minimum absolute atomic E-state index is 0.00476. The van der Waals surface area contributed by atoms with E-state index < -0.39 is 5.54 Å². The molecule has 1 unspecified atom stereocenters. The molecule has 2 aromatic rings. The van der Waals surface area contributed by atoms with Crippen LogP contribution in [0.4, 0.5) is 5.69 Å². The second-order valence-corrected chi connectivity index (χ2v) is 10.8. The molecule has 35 heavy (non-hydrogen) atoms. The molecule has 2 N–H and O–H groups in total. The maximum absolute atomic E-state index is 14.1. The third kappa shape index (κ3) is 3.53. The molecule has 7 heteroatoms. The van der Waals surface area contributed by atoms with Crippen LogP contribution in [0, 0.1) is 5.92 Å². The summed E-state index contributed by atoms with van der Waals surface area (Å²) in [4.78, 5) is 28.7. The normalized spacial score (nSPS) is 31.3. The van der Waals surface area contributed by atoms with Crippen molar-refractivity contribution in [3.8, 4) is 0 Å². The Bertz CT molecular complexity index is 1210. The lowest BCUT2D eigenvalue weighted by molar-refractivity contribution is -0.141. The molecule has 1 spiro atoms. The monoisotopic (exact) mass is 491 g/mol. The van der Waals surface area contributed by atoms with Crippen LogP contribution in [0.5, 0.6) is 0 Å². The van der Waals surface area contributed by atoms with Crippen LogP contribution in [-0.4, -0.2) is 48.6 Å². The Morgan fingerprint density at radius 1 is 1.29 bits per heavy atom. The zero-order valence-electron chi connectivity index (χ0n) is 19.8. The van der Waals surface area contributed by atoms with Crippen molar-refractivity contribution < 1.29 is 14.3 Å². The standard InChI is InChI=1S/C28H30ClN3O3/c1-3-16-5-4-6-18(11-16)25-26-23(13-20(30-26)14-24(33)35-2)32(15-17-7-8-17)28(25)21-10-9-19(29)12-22(21)31-27(28)34/h3-6,9-12,17,20,23,25-26,30H,1,7-8,13-15H2,2H3,(H,31,34)/t20?,23-,25-,26+,28+/m0/s1. The van der Waals surface area contributed by atoms with Crippen LogP contribution in [0.2, 0.25) is 5.02 Å². The maximum atomic E-state index is 14.1. The number of anilines is 1. The van der Waals surface area contributed by atoms with Gasteiger partial charge in [0.2, 0.25) is 5.91 Å². The summed E-state index contributed by atoms with van der Waals surface area (Å²) in [6.07, 6.45) is 5.34. The third-order valence-electron chi connectivity index (χ3n) is 8.32. The fraction of sp³-hybridized carbons (Fsp3) is 0.429.